The van der Waals surface area contributed by atoms with E-state index in [1.165, 1.54) is 36.0 Å². The molecule has 0 aliphatic carbocycles. The molecule has 0 saturated carbocycles. The lowest BCUT2D eigenvalue weighted by Crippen LogP contribution is -2.61. The van der Waals surface area contributed by atoms with E-state index in [9.17, 15) is 87.5 Å². The summed E-state index contributed by atoms with van der Waals surface area (Å²) in [6.45, 7) is 0.172. The van der Waals surface area contributed by atoms with Crippen LogP contribution in [0.3, 0.4) is 0 Å². The molecule has 90 heavy (non-hydrogen) atoms. The molecule has 2 heterocycles. The van der Waals surface area contributed by atoms with Gasteiger partial charge in [-0.05, 0) is 73.1 Å². The van der Waals surface area contributed by atoms with Gasteiger partial charge >= 0.3 is 11.9 Å². The summed E-state index contributed by atoms with van der Waals surface area (Å²) in [5.74, 6) is -15.0. The number of aromatic nitrogens is 1. The quantitative estimate of drug-likeness (QED) is 0.0206. The summed E-state index contributed by atoms with van der Waals surface area (Å²) in [7, 11) is 0. The van der Waals surface area contributed by atoms with Gasteiger partial charge in [-0.25, -0.2) is 0 Å². The van der Waals surface area contributed by atoms with E-state index in [0.717, 1.165) is 6.92 Å². The molecule has 1 fully saturated rings. The summed E-state index contributed by atoms with van der Waals surface area (Å²) >= 11 is 1.28. The average molecular weight is 1270 g/mol. The van der Waals surface area contributed by atoms with Gasteiger partial charge in [0.05, 0.1) is 25.5 Å². The third kappa shape index (κ3) is 22.6. The van der Waals surface area contributed by atoms with E-state index in [0.29, 0.717) is 22.0 Å². The topological polar surface area (TPSA) is 508 Å². The molecule has 1 saturated heterocycles. The van der Waals surface area contributed by atoms with Crippen molar-refractivity contribution >= 4 is 105 Å². The second-order valence-electron chi connectivity index (χ2n) is 21.1. The van der Waals surface area contributed by atoms with Crippen molar-refractivity contribution in [2.45, 2.75) is 132 Å². The van der Waals surface area contributed by atoms with E-state index in [1.54, 1.807) is 67.0 Å². The van der Waals surface area contributed by atoms with Crippen LogP contribution < -0.4 is 64.6 Å². The van der Waals surface area contributed by atoms with Crippen LogP contribution in [0.1, 0.15) is 68.6 Å². The van der Waals surface area contributed by atoms with Crippen molar-refractivity contribution in [3.05, 3.63) is 102 Å². The number of thioether (sulfide) groups is 1. The van der Waals surface area contributed by atoms with Gasteiger partial charge in [0.2, 0.25) is 70.9 Å². The summed E-state index contributed by atoms with van der Waals surface area (Å²) in [6, 6.07) is 6.22. The number of phenolic OH excluding ortho intramolecular Hbond substituents is 1. The van der Waals surface area contributed by atoms with Crippen molar-refractivity contribution in [1.29, 1.82) is 0 Å². The molecule has 5 rings (SSSR count). The molecular weight excluding hydrogens is 1200 g/mol. The number of primary amides is 2. The zero-order chi connectivity index (χ0) is 66.2. The van der Waals surface area contributed by atoms with Gasteiger partial charge in [0.15, 0.2) is 0 Å². The Morgan fingerprint density at radius 1 is 0.600 bits per heavy atom. The molecule has 10 atom stereocenters. The van der Waals surface area contributed by atoms with Gasteiger partial charge in [0, 0.05) is 49.2 Å². The standard InChI is InChI=1S/C58H73N13O18S/c1-29(72)49(71-57(88)40(23-31-12-14-33(73)15-13-31)68-56(87)43(26-48(79)80)69-52(83)37(16-18-44(59)74)65-51(82)36-17-19-45(75)63-36)58(89)62-28-46(76)64-41(24-32-27-61-35-11-7-6-10-34(32)35)54(85)66-38(20-21-90-2)53(84)70-42(25-47(77)78)55(86)67-39(50(60)81)22-30-8-4-3-5-9-30/h3-15,27,29,36-43,49,61,72-73H,16-26,28H2,1-2H3,(H2,59,74)(H2,60,81)(H,62,89)(H,63,75)(H,64,76)(H,65,82)(H,66,85)(H,67,86)(H,68,87)(H,69,83)(H,70,84)(H,71,88)(H,77,78)(H,79,80). The van der Waals surface area contributed by atoms with Crippen LogP contribution in [0.25, 0.3) is 10.9 Å². The number of carbonyl (C=O) groups is 14. The Kier molecular flexibility index (Phi) is 27.0. The van der Waals surface area contributed by atoms with E-state index >= 15 is 0 Å². The zero-order valence-corrected chi connectivity index (χ0v) is 49.7. The van der Waals surface area contributed by atoms with Gasteiger partial charge in [-0.1, -0.05) is 60.7 Å². The van der Waals surface area contributed by atoms with Crippen molar-refractivity contribution < 1.29 is 87.5 Å². The number of aliphatic hydroxyl groups is 1. The lowest BCUT2D eigenvalue weighted by molar-refractivity contribution is -0.142. The van der Waals surface area contributed by atoms with Crippen molar-refractivity contribution in [3.63, 3.8) is 0 Å². The van der Waals surface area contributed by atoms with E-state index in [4.69, 9.17) is 11.5 Å². The monoisotopic (exact) mass is 1270 g/mol. The first-order chi connectivity index (χ1) is 42.7. The van der Waals surface area contributed by atoms with Gasteiger partial charge in [-0.2, -0.15) is 11.8 Å². The minimum absolute atomic E-state index is 0.00683. The van der Waals surface area contributed by atoms with Crippen LogP contribution in [0.2, 0.25) is 0 Å². The number of nitrogens with two attached hydrogens (primary N) is 2. The highest BCUT2D eigenvalue weighted by Gasteiger charge is 2.37. The maximum absolute atomic E-state index is 14.4. The highest BCUT2D eigenvalue weighted by Crippen LogP contribution is 2.20. The lowest BCUT2D eigenvalue weighted by atomic mass is 10.0. The molecule has 32 heteroatoms. The maximum Gasteiger partial charge on any atom is 0.305 e. The second-order valence-corrected chi connectivity index (χ2v) is 22.1. The van der Waals surface area contributed by atoms with Gasteiger partial charge in [0.25, 0.3) is 0 Å². The Morgan fingerprint density at radius 3 is 1.68 bits per heavy atom. The molecule has 1 aliphatic heterocycles. The molecule has 0 bridgehead atoms. The van der Waals surface area contributed by atoms with Crippen molar-refractivity contribution in [3.8, 4) is 5.75 Å². The van der Waals surface area contributed by atoms with Crippen LogP contribution >= 0.6 is 11.8 Å². The van der Waals surface area contributed by atoms with E-state index in [1.807, 2.05) is 0 Å². The number of aromatic hydroxyl groups is 1. The van der Waals surface area contributed by atoms with Gasteiger partial charge in [0.1, 0.15) is 60.1 Å². The Bertz CT molecular complexity index is 3270. The molecule has 31 nitrogen and oxygen atoms in total. The van der Waals surface area contributed by atoms with Crippen molar-refractivity contribution in [2.75, 3.05) is 18.6 Å². The number of nitrogens with one attached hydrogen (secondary N) is 11. The number of carboxylic acids is 2. The molecule has 0 radical (unpaired) electrons. The molecule has 1 aromatic heterocycles. The first-order valence-corrected chi connectivity index (χ1v) is 29.6. The van der Waals surface area contributed by atoms with Gasteiger partial charge in [-0.3, -0.25) is 67.1 Å². The molecule has 3 aromatic carbocycles. The number of aliphatic hydroxyl groups excluding tert-OH is 1. The highest BCUT2D eigenvalue weighted by atomic mass is 32.2. The number of aliphatic carboxylic acids is 2. The summed E-state index contributed by atoms with van der Waals surface area (Å²) in [5, 5.41) is 64.8. The molecular formula is C58H73N13O18S. The molecule has 4 aromatic rings. The van der Waals surface area contributed by atoms with Crippen LogP contribution in [0, 0.1) is 0 Å². The SMILES string of the molecule is CSCCC(NC(=O)C(Cc1c[nH]c2ccccc12)NC(=O)CNC(=O)C(NC(=O)C(Cc1ccc(O)cc1)NC(=O)C(CC(=O)O)NC(=O)C(CCC(N)=O)NC(=O)C1CCC(=O)N1)C(C)O)C(=O)NC(CC(=O)O)C(=O)NC(Cc1ccccc1)C(N)=O. The van der Waals surface area contributed by atoms with Crippen LogP contribution in [0.4, 0.5) is 0 Å². The summed E-state index contributed by atoms with van der Waals surface area (Å²) in [5.41, 5.74) is 12.9. The van der Waals surface area contributed by atoms with Crippen LogP contribution in [0.15, 0.2) is 85.1 Å². The number of benzene rings is 3. The number of fused-ring (bicyclic) bond motifs is 1. The fourth-order valence-corrected chi connectivity index (χ4v) is 9.80. The predicted molar refractivity (Wildman–Crippen MR) is 320 cm³/mol. The van der Waals surface area contributed by atoms with Gasteiger partial charge < -0.3 is 90.0 Å². The third-order valence-corrected chi connectivity index (χ3v) is 14.7. The van der Waals surface area contributed by atoms with Crippen molar-refractivity contribution in [2.24, 2.45) is 11.5 Å². The number of rotatable bonds is 36. The first kappa shape index (κ1) is 70.7. The van der Waals surface area contributed by atoms with Crippen molar-refractivity contribution in [1.82, 2.24) is 58.2 Å². The molecule has 0 spiro atoms. The summed E-state index contributed by atoms with van der Waals surface area (Å²) < 4.78 is 0. The van der Waals surface area contributed by atoms with Crippen LogP contribution in [-0.4, -0.2) is 187 Å². The number of carboxylic acid groups (broad SMARTS) is 2. The number of H-pyrrole nitrogens is 1. The van der Waals surface area contributed by atoms with E-state index < -0.39 is 182 Å². The predicted octanol–water partition coefficient (Wildman–Crippen LogP) is -3.99. The number of amides is 12. The fourth-order valence-electron chi connectivity index (χ4n) is 9.33. The number of aromatic amines is 1. The largest absolute Gasteiger partial charge is 0.508 e. The second kappa shape index (κ2) is 34.4. The van der Waals surface area contributed by atoms with Crippen LogP contribution in [-0.2, 0) is 86.4 Å². The number of phenols is 1. The minimum atomic E-state index is -1.98. The smallest absolute Gasteiger partial charge is 0.305 e. The third-order valence-electron chi connectivity index (χ3n) is 14.1. The summed E-state index contributed by atoms with van der Waals surface area (Å²) in [4.78, 5) is 188. The lowest BCUT2D eigenvalue weighted by Gasteiger charge is -2.27. The van der Waals surface area contributed by atoms with Crippen LogP contribution in [0.5, 0.6) is 5.75 Å². The number of carbonyl (C=O) groups excluding carboxylic acids is 12. The Hall–Kier alpha value is -10.1. The van der Waals surface area contributed by atoms with E-state index in [2.05, 4.69) is 58.2 Å². The van der Waals surface area contributed by atoms with E-state index in [-0.39, 0.29) is 49.2 Å². The molecule has 12 amide bonds. The first-order valence-electron chi connectivity index (χ1n) is 28.3. The normalized spacial score (nSPS) is 15.6. The molecule has 484 valence electrons. The van der Waals surface area contributed by atoms with Gasteiger partial charge in [-0.15, -0.1) is 0 Å². The fraction of sp³-hybridized carbons (Fsp3) is 0.414. The number of para-hydroxylation sites is 1. The zero-order valence-electron chi connectivity index (χ0n) is 48.9. The molecule has 19 N–H and O–H groups in total. The Balaban J connectivity index is 1.33. The Morgan fingerprint density at radius 2 is 1.11 bits per heavy atom. The average Bonchev–Trinajstić information content (AvgIpc) is 2.89. The highest BCUT2D eigenvalue weighted by molar-refractivity contribution is 7.98. The Labute approximate surface area is 518 Å². The summed E-state index contributed by atoms with van der Waals surface area (Å²) in [6.07, 6.45) is -2.14. The molecule has 1 aliphatic rings. The molecule has 10 unspecified atom stereocenters. The maximum atomic E-state index is 14.4. The number of hydrogen-bond donors (Lipinski definition) is 17. The minimum Gasteiger partial charge on any atom is -0.508 e. The number of hydrogen-bond acceptors (Lipinski definition) is 17.